The maximum Gasteiger partial charge on any atom is 0.174 e. The minimum absolute atomic E-state index is 0.0764. The van der Waals surface area contributed by atoms with Crippen LogP contribution in [0.1, 0.15) is 34.7 Å². The Balaban J connectivity index is 1.70. The first-order valence-corrected chi connectivity index (χ1v) is 11.6. The molecule has 2 aromatic carbocycles. The van der Waals surface area contributed by atoms with E-state index in [1.807, 2.05) is 36.9 Å². The van der Waals surface area contributed by atoms with E-state index in [-0.39, 0.29) is 23.7 Å². The molecule has 2 atom stereocenters. The first kappa shape index (κ1) is 22.4. The molecule has 3 heterocycles. The quantitative estimate of drug-likeness (QED) is 0.334. The number of thiocarbonyl (C=S) groups is 1. The summed E-state index contributed by atoms with van der Waals surface area (Å²) in [5.41, 5.74) is 5.18. The van der Waals surface area contributed by atoms with Gasteiger partial charge in [-0.2, -0.15) is 0 Å². The van der Waals surface area contributed by atoms with Crippen LogP contribution in [0.3, 0.4) is 0 Å². The van der Waals surface area contributed by atoms with E-state index in [0.29, 0.717) is 15.8 Å². The van der Waals surface area contributed by atoms with Crippen molar-refractivity contribution in [3.63, 3.8) is 0 Å². The number of anilines is 1. The molecule has 0 radical (unpaired) electrons. The molecule has 1 aliphatic rings. The molecule has 172 valence electrons. The van der Waals surface area contributed by atoms with Crippen molar-refractivity contribution in [1.82, 2.24) is 14.9 Å². The van der Waals surface area contributed by atoms with Gasteiger partial charge in [0.1, 0.15) is 11.6 Å². The standard InChI is InChI=1S/C26H22ClFN4OS/c1-15-13-20(16(2)31(15)19-9-7-18(28)8-10-19)25-24(21-5-3-4-12-29-21)30-26(34)32(25)22-14-17(27)6-11-23(22)33/h3-14,24-25,33H,1-2H3,(H,30,34)/t24-,25+/m0/s1. The maximum absolute atomic E-state index is 13.6. The molecule has 0 saturated carbocycles. The molecular formula is C26H22ClFN4OS. The van der Waals surface area contributed by atoms with Gasteiger partial charge in [-0.1, -0.05) is 17.7 Å². The van der Waals surface area contributed by atoms with Gasteiger partial charge in [0.15, 0.2) is 5.11 Å². The highest BCUT2D eigenvalue weighted by Crippen LogP contribution is 2.46. The second-order valence-corrected chi connectivity index (χ2v) is 9.09. The molecule has 8 heteroatoms. The van der Waals surface area contributed by atoms with Crippen LogP contribution in [-0.4, -0.2) is 19.8 Å². The van der Waals surface area contributed by atoms with Crippen molar-refractivity contribution in [2.75, 3.05) is 4.90 Å². The topological polar surface area (TPSA) is 53.3 Å². The number of hydrogen-bond acceptors (Lipinski definition) is 3. The number of nitrogens with zero attached hydrogens (tertiary/aromatic N) is 3. The predicted octanol–water partition coefficient (Wildman–Crippen LogP) is 6.16. The van der Waals surface area contributed by atoms with Crippen molar-refractivity contribution in [2.45, 2.75) is 25.9 Å². The lowest BCUT2D eigenvalue weighted by atomic mass is 9.96. The van der Waals surface area contributed by atoms with Crippen LogP contribution in [0.2, 0.25) is 5.02 Å². The van der Waals surface area contributed by atoms with Gasteiger partial charge in [-0.05, 0) is 92.3 Å². The smallest absolute Gasteiger partial charge is 0.174 e. The van der Waals surface area contributed by atoms with E-state index in [4.69, 9.17) is 23.8 Å². The molecule has 2 N–H and O–H groups in total. The summed E-state index contributed by atoms with van der Waals surface area (Å²) in [7, 11) is 0. The number of aryl methyl sites for hydroxylation is 1. The van der Waals surface area contributed by atoms with Crippen LogP contribution in [0.4, 0.5) is 10.1 Å². The molecule has 0 bridgehead atoms. The maximum atomic E-state index is 13.6. The SMILES string of the molecule is Cc1cc([C@@H]2[C@H](c3ccccn3)NC(=S)N2c2cc(Cl)ccc2O)c(C)n1-c1ccc(F)cc1. The first-order valence-electron chi connectivity index (χ1n) is 10.8. The van der Waals surface area contributed by atoms with E-state index in [1.165, 1.54) is 12.1 Å². The summed E-state index contributed by atoms with van der Waals surface area (Å²) in [4.78, 5) is 6.48. The fourth-order valence-corrected chi connectivity index (χ4v) is 5.20. The van der Waals surface area contributed by atoms with Gasteiger partial charge in [0, 0.05) is 28.3 Å². The zero-order chi connectivity index (χ0) is 24.0. The van der Waals surface area contributed by atoms with E-state index >= 15 is 0 Å². The lowest BCUT2D eigenvalue weighted by molar-refractivity contribution is 0.472. The normalized spacial score (nSPS) is 17.8. The van der Waals surface area contributed by atoms with Gasteiger partial charge in [0.05, 0.1) is 23.5 Å². The zero-order valence-electron chi connectivity index (χ0n) is 18.5. The van der Waals surface area contributed by atoms with Crippen LogP contribution in [0.5, 0.6) is 5.75 Å². The van der Waals surface area contributed by atoms with Crippen LogP contribution < -0.4 is 10.2 Å². The van der Waals surface area contributed by atoms with Crippen molar-refractivity contribution in [2.24, 2.45) is 0 Å². The largest absolute Gasteiger partial charge is 0.506 e. The highest BCUT2D eigenvalue weighted by molar-refractivity contribution is 7.80. The van der Waals surface area contributed by atoms with E-state index in [0.717, 1.165) is 28.3 Å². The Bertz CT molecular complexity index is 1370. The van der Waals surface area contributed by atoms with Crippen molar-refractivity contribution in [3.8, 4) is 11.4 Å². The number of phenolic OH excluding ortho intramolecular Hbond substituents is 1. The zero-order valence-corrected chi connectivity index (χ0v) is 20.1. The molecule has 1 fully saturated rings. The molecule has 0 aliphatic carbocycles. The fourth-order valence-electron chi connectivity index (χ4n) is 4.69. The van der Waals surface area contributed by atoms with Gasteiger partial charge in [-0.3, -0.25) is 4.98 Å². The van der Waals surface area contributed by atoms with E-state index in [2.05, 4.69) is 20.9 Å². The van der Waals surface area contributed by atoms with E-state index < -0.39 is 0 Å². The molecule has 1 aliphatic heterocycles. The third-order valence-corrected chi connectivity index (χ3v) is 6.72. The number of aromatic nitrogens is 2. The Hall–Kier alpha value is -3.42. The van der Waals surface area contributed by atoms with Crippen molar-refractivity contribution >= 4 is 34.6 Å². The molecule has 4 aromatic rings. The lowest BCUT2D eigenvalue weighted by Gasteiger charge is -2.28. The molecule has 0 unspecified atom stereocenters. The highest BCUT2D eigenvalue weighted by atomic mass is 35.5. The summed E-state index contributed by atoms with van der Waals surface area (Å²) < 4.78 is 15.7. The number of aromatic hydroxyl groups is 1. The second-order valence-electron chi connectivity index (χ2n) is 8.27. The Labute approximate surface area is 207 Å². The Kier molecular flexibility index (Phi) is 5.75. The number of hydrogen-bond donors (Lipinski definition) is 2. The molecule has 5 nitrogen and oxygen atoms in total. The number of phenols is 1. The van der Waals surface area contributed by atoms with E-state index in [1.54, 1.807) is 36.5 Å². The molecule has 0 amide bonds. The van der Waals surface area contributed by atoms with Crippen LogP contribution in [0, 0.1) is 19.7 Å². The van der Waals surface area contributed by atoms with Crippen LogP contribution in [0.15, 0.2) is 72.9 Å². The van der Waals surface area contributed by atoms with Crippen LogP contribution >= 0.6 is 23.8 Å². The Morgan fingerprint density at radius 2 is 1.82 bits per heavy atom. The first-order chi connectivity index (χ1) is 16.3. The summed E-state index contributed by atoms with van der Waals surface area (Å²) in [5.74, 6) is -0.206. The van der Waals surface area contributed by atoms with Crippen molar-refractivity contribution in [1.29, 1.82) is 0 Å². The van der Waals surface area contributed by atoms with Gasteiger partial charge in [-0.15, -0.1) is 0 Å². The van der Waals surface area contributed by atoms with Gasteiger partial charge in [0.25, 0.3) is 0 Å². The minimum Gasteiger partial charge on any atom is -0.506 e. The number of benzene rings is 2. The van der Waals surface area contributed by atoms with Crippen molar-refractivity contribution < 1.29 is 9.50 Å². The summed E-state index contributed by atoms with van der Waals surface area (Å²) in [6, 6.07) is 18.6. The minimum atomic E-state index is -0.313. The Morgan fingerprint density at radius 1 is 1.06 bits per heavy atom. The van der Waals surface area contributed by atoms with Gasteiger partial charge < -0.3 is 19.9 Å². The average molecular weight is 493 g/mol. The third-order valence-electron chi connectivity index (χ3n) is 6.17. The van der Waals surface area contributed by atoms with Gasteiger partial charge in [-0.25, -0.2) is 4.39 Å². The summed E-state index contributed by atoms with van der Waals surface area (Å²) in [6.07, 6.45) is 1.75. The summed E-state index contributed by atoms with van der Waals surface area (Å²) >= 11 is 12.0. The van der Waals surface area contributed by atoms with Crippen LogP contribution in [0.25, 0.3) is 5.69 Å². The molecule has 34 heavy (non-hydrogen) atoms. The number of halogens is 2. The third kappa shape index (κ3) is 3.81. The summed E-state index contributed by atoms with van der Waals surface area (Å²) in [6.45, 7) is 4.04. The molecule has 2 aromatic heterocycles. The van der Waals surface area contributed by atoms with Crippen molar-refractivity contribution in [3.05, 3.63) is 106 Å². The van der Waals surface area contributed by atoms with Gasteiger partial charge >= 0.3 is 0 Å². The monoisotopic (exact) mass is 492 g/mol. The molecule has 1 saturated heterocycles. The number of nitrogens with one attached hydrogen (secondary N) is 1. The van der Waals surface area contributed by atoms with Gasteiger partial charge in [0.2, 0.25) is 0 Å². The molecule has 5 rings (SSSR count). The number of rotatable bonds is 4. The Morgan fingerprint density at radius 3 is 2.53 bits per heavy atom. The van der Waals surface area contributed by atoms with E-state index in [9.17, 15) is 9.50 Å². The molecular weight excluding hydrogens is 471 g/mol. The second kappa shape index (κ2) is 8.74. The fraction of sp³-hybridized carbons (Fsp3) is 0.154. The highest BCUT2D eigenvalue weighted by Gasteiger charge is 2.43. The number of pyridine rings is 1. The lowest BCUT2D eigenvalue weighted by Crippen LogP contribution is -2.29. The molecule has 0 spiro atoms. The average Bonchev–Trinajstić information content (AvgIpc) is 3.32. The van der Waals surface area contributed by atoms with Crippen LogP contribution in [-0.2, 0) is 0 Å². The summed E-state index contributed by atoms with van der Waals surface area (Å²) in [5, 5.41) is 15.1. The predicted molar refractivity (Wildman–Crippen MR) is 136 cm³/mol.